The lowest BCUT2D eigenvalue weighted by Crippen LogP contribution is -2.60. The molecule has 0 aromatic heterocycles. The average Bonchev–Trinajstić information content (AvgIpc) is 2.70. The van der Waals surface area contributed by atoms with Gasteiger partial charge in [-0.15, -0.1) is 0 Å². The molecule has 1 amide bonds. The summed E-state index contributed by atoms with van der Waals surface area (Å²) in [6.07, 6.45) is 7.68. The molecule has 5 aliphatic rings. The average molecular weight is 263 g/mol. The van der Waals surface area contributed by atoms with Crippen LogP contribution in [0.25, 0.3) is 0 Å². The van der Waals surface area contributed by atoms with Crippen molar-refractivity contribution in [2.45, 2.75) is 50.5 Å². The summed E-state index contributed by atoms with van der Waals surface area (Å²) in [5.41, 5.74) is 0.0377. The van der Waals surface area contributed by atoms with Crippen LogP contribution < -0.4 is 0 Å². The summed E-state index contributed by atoms with van der Waals surface area (Å²) in [6.45, 7) is 0.459. The van der Waals surface area contributed by atoms with Crippen molar-refractivity contribution in [3.63, 3.8) is 0 Å². The zero-order valence-electron chi connectivity index (χ0n) is 11.2. The minimum Gasteiger partial charge on any atom is -0.481 e. The minimum atomic E-state index is -0.805. The molecule has 4 saturated carbocycles. The Morgan fingerprint density at radius 3 is 2.05 bits per heavy atom. The molecule has 104 valence electrons. The summed E-state index contributed by atoms with van der Waals surface area (Å²) in [4.78, 5) is 25.4. The largest absolute Gasteiger partial charge is 0.481 e. The predicted octanol–water partition coefficient (Wildman–Crippen LogP) is 1.89. The standard InChI is InChI=1S/C15H21NO3/c17-13-4-12(14(18)19)8-16(13)15-5-9-1-10(6-15)3-11(2-9)7-15/h9-12H,1-8H2,(H,18,19)/t9?,10?,11?,12-,15?/m0/s1. The van der Waals surface area contributed by atoms with E-state index in [9.17, 15) is 9.59 Å². The number of carboxylic acid groups (broad SMARTS) is 1. The molecule has 1 atom stereocenters. The fourth-order valence-corrected chi connectivity index (χ4v) is 5.73. The molecule has 1 N–H and O–H groups in total. The fraction of sp³-hybridized carbons (Fsp3) is 0.867. The first-order valence-corrected chi connectivity index (χ1v) is 7.59. The maximum absolute atomic E-state index is 12.3. The third-order valence-corrected chi connectivity index (χ3v) is 6.05. The van der Waals surface area contributed by atoms with Gasteiger partial charge >= 0.3 is 5.97 Å². The SMILES string of the molecule is O=C(O)[C@H]1CC(=O)N(C23CC4CC(CC(C4)C2)C3)C1. The molecule has 4 bridgehead atoms. The van der Waals surface area contributed by atoms with Gasteiger partial charge in [-0.05, 0) is 56.3 Å². The molecular formula is C15H21NO3. The van der Waals surface area contributed by atoms with E-state index in [1.54, 1.807) is 0 Å². The number of amides is 1. The van der Waals surface area contributed by atoms with Gasteiger partial charge in [-0.25, -0.2) is 0 Å². The van der Waals surface area contributed by atoms with Crippen molar-refractivity contribution < 1.29 is 14.7 Å². The zero-order valence-corrected chi connectivity index (χ0v) is 11.2. The van der Waals surface area contributed by atoms with E-state index in [1.807, 2.05) is 4.90 Å². The number of likely N-dealkylation sites (tertiary alicyclic amines) is 1. The third kappa shape index (κ3) is 1.65. The Kier molecular flexibility index (Phi) is 2.31. The molecule has 0 spiro atoms. The van der Waals surface area contributed by atoms with Gasteiger partial charge in [0.15, 0.2) is 0 Å². The number of hydrogen-bond acceptors (Lipinski definition) is 2. The van der Waals surface area contributed by atoms with E-state index in [0.29, 0.717) is 6.54 Å². The first kappa shape index (κ1) is 11.7. The lowest BCUT2D eigenvalue weighted by Gasteiger charge is -2.59. The van der Waals surface area contributed by atoms with E-state index in [1.165, 1.54) is 19.3 Å². The van der Waals surface area contributed by atoms with Crippen molar-refractivity contribution in [1.82, 2.24) is 4.90 Å². The van der Waals surface area contributed by atoms with Crippen LogP contribution in [0.4, 0.5) is 0 Å². The molecule has 0 aromatic carbocycles. The summed E-state index contributed by atoms with van der Waals surface area (Å²) in [6, 6.07) is 0. The van der Waals surface area contributed by atoms with Gasteiger partial charge < -0.3 is 10.0 Å². The van der Waals surface area contributed by atoms with Gasteiger partial charge in [-0.3, -0.25) is 9.59 Å². The highest BCUT2D eigenvalue weighted by Gasteiger charge is 2.56. The highest BCUT2D eigenvalue weighted by molar-refractivity contribution is 5.86. The van der Waals surface area contributed by atoms with Crippen LogP contribution in [-0.4, -0.2) is 34.0 Å². The van der Waals surface area contributed by atoms with Crippen molar-refractivity contribution in [2.24, 2.45) is 23.7 Å². The van der Waals surface area contributed by atoms with Crippen LogP contribution in [0.5, 0.6) is 0 Å². The Labute approximate surface area is 113 Å². The molecular weight excluding hydrogens is 242 g/mol. The molecule has 5 rings (SSSR count). The van der Waals surface area contributed by atoms with Crippen molar-refractivity contribution >= 4 is 11.9 Å². The van der Waals surface area contributed by atoms with E-state index in [0.717, 1.165) is 37.0 Å². The van der Waals surface area contributed by atoms with E-state index < -0.39 is 11.9 Å². The molecule has 4 nitrogen and oxygen atoms in total. The zero-order chi connectivity index (χ0) is 13.2. The topological polar surface area (TPSA) is 57.6 Å². The maximum atomic E-state index is 12.3. The number of rotatable bonds is 2. The van der Waals surface area contributed by atoms with Crippen molar-refractivity contribution in [1.29, 1.82) is 0 Å². The summed E-state index contributed by atoms with van der Waals surface area (Å²) in [5, 5.41) is 9.15. The van der Waals surface area contributed by atoms with E-state index in [2.05, 4.69) is 0 Å². The van der Waals surface area contributed by atoms with Gasteiger partial charge in [-0.2, -0.15) is 0 Å². The second-order valence-electron chi connectivity index (χ2n) is 7.39. The van der Waals surface area contributed by atoms with Crippen molar-refractivity contribution in [2.75, 3.05) is 6.54 Å². The molecule has 1 aliphatic heterocycles. The van der Waals surface area contributed by atoms with E-state index in [-0.39, 0.29) is 17.9 Å². The quantitative estimate of drug-likeness (QED) is 0.827. The van der Waals surface area contributed by atoms with Gasteiger partial charge in [0.2, 0.25) is 5.91 Å². The van der Waals surface area contributed by atoms with Crippen LogP contribution in [0.3, 0.4) is 0 Å². The van der Waals surface area contributed by atoms with Crippen molar-refractivity contribution in [3.05, 3.63) is 0 Å². The smallest absolute Gasteiger partial charge is 0.308 e. The number of nitrogens with zero attached hydrogens (tertiary/aromatic N) is 1. The second kappa shape index (κ2) is 3.74. The molecule has 0 unspecified atom stereocenters. The molecule has 0 aromatic rings. The molecule has 1 heterocycles. The molecule has 1 saturated heterocycles. The van der Waals surface area contributed by atoms with Gasteiger partial charge in [0.25, 0.3) is 0 Å². The second-order valence-corrected chi connectivity index (χ2v) is 7.39. The number of aliphatic carboxylic acids is 1. The fourth-order valence-electron chi connectivity index (χ4n) is 5.73. The summed E-state index contributed by atoms with van der Waals surface area (Å²) in [7, 11) is 0. The molecule has 4 aliphatic carbocycles. The van der Waals surface area contributed by atoms with Crippen LogP contribution in [-0.2, 0) is 9.59 Å². The molecule has 4 heteroatoms. The van der Waals surface area contributed by atoms with Gasteiger partial charge in [0.05, 0.1) is 5.92 Å². The van der Waals surface area contributed by atoms with Crippen LogP contribution in [0.1, 0.15) is 44.9 Å². The molecule has 5 fully saturated rings. The van der Waals surface area contributed by atoms with Crippen LogP contribution in [0.15, 0.2) is 0 Å². The van der Waals surface area contributed by atoms with Crippen molar-refractivity contribution in [3.8, 4) is 0 Å². The number of carbonyl (C=O) groups excluding carboxylic acids is 1. The summed E-state index contributed by atoms with van der Waals surface area (Å²) in [5.74, 6) is 1.20. The monoisotopic (exact) mass is 263 g/mol. The van der Waals surface area contributed by atoms with Gasteiger partial charge in [0, 0.05) is 18.5 Å². The van der Waals surface area contributed by atoms with E-state index >= 15 is 0 Å². The third-order valence-electron chi connectivity index (χ3n) is 6.05. The first-order valence-electron chi connectivity index (χ1n) is 7.59. The van der Waals surface area contributed by atoms with Gasteiger partial charge in [0.1, 0.15) is 0 Å². The normalized spacial score (nSPS) is 48.0. The van der Waals surface area contributed by atoms with Gasteiger partial charge in [-0.1, -0.05) is 0 Å². The Hall–Kier alpha value is -1.06. The summed E-state index contributed by atoms with van der Waals surface area (Å²) < 4.78 is 0. The maximum Gasteiger partial charge on any atom is 0.308 e. The highest BCUT2D eigenvalue weighted by atomic mass is 16.4. The van der Waals surface area contributed by atoms with Crippen LogP contribution in [0, 0.1) is 23.7 Å². The Bertz CT molecular complexity index is 409. The lowest BCUT2D eigenvalue weighted by molar-refractivity contribution is -0.145. The first-order chi connectivity index (χ1) is 9.06. The van der Waals surface area contributed by atoms with E-state index in [4.69, 9.17) is 5.11 Å². The Balaban J connectivity index is 1.62. The number of carboxylic acids is 1. The van der Waals surface area contributed by atoms with Crippen LogP contribution in [0.2, 0.25) is 0 Å². The number of hydrogen-bond donors (Lipinski definition) is 1. The summed E-state index contributed by atoms with van der Waals surface area (Å²) >= 11 is 0. The Morgan fingerprint density at radius 1 is 1.11 bits per heavy atom. The Morgan fingerprint density at radius 2 is 1.63 bits per heavy atom. The predicted molar refractivity (Wildman–Crippen MR) is 68.4 cm³/mol. The molecule has 19 heavy (non-hydrogen) atoms. The van der Waals surface area contributed by atoms with Crippen LogP contribution >= 0.6 is 0 Å². The lowest BCUT2D eigenvalue weighted by atomic mass is 9.52. The number of carbonyl (C=O) groups is 2. The minimum absolute atomic E-state index is 0.0377. The highest BCUT2D eigenvalue weighted by Crippen LogP contribution is 2.58. The molecule has 0 radical (unpaired) electrons.